The van der Waals surface area contributed by atoms with Crippen molar-refractivity contribution >= 4 is 27.9 Å². The number of nitrogens with zero attached hydrogens (tertiary/aromatic N) is 2. The van der Waals surface area contributed by atoms with Crippen LogP contribution in [0.5, 0.6) is 0 Å². The van der Waals surface area contributed by atoms with E-state index in [1.54, 1.807) is 0 Å². The van der Waals surface area contributed by atoms with E-state index >= 15 is 0 Å². The highest BCUT2D eigenvalue weighted by atomic mass is 32.2. The first-order chi connectivity index (χ1) is 10.6. The molecule has 0 amide bonds. The molecule has 23 heavy (non-hydrogen) atoms. The second-order valence-electron chi connectivity index (χ2n) is 5.35. The first-order valence-electron chi connectivity index (χ1n) is 6.82. The summed E-state index contributed by atoms with van der Waals surface area (Å²) in [4.78, 5) is 15.1. The van der Waals surface area contributed by atoms with E-state index in [4.69, 9.17) is 16.1 Å². The van der Waals surface area contributed by atoms with Gasteiger partial charge in [0, 0.05) is 5.56 Å². The van der Waals surface area contributed by atoms with Gasteiger partial charge in [-0.15, -0.1) is 0 Å². The Morgan fingerprint density at radius 2 is 1.87 bits per heavy atom. The maximum absolute atomic E-state index is 11.2. The number of rotatable bonds is 7. The van der Waals surface area contributed by atoms with Crippen LogP contribution in [0.1, 0.15) is 25.8 Å². The number of carboxylic acids is 1. The van der Waals surface area contributed by atoms with Crippen LogP contribution in [0.4, 0.5) is 0 Å². The third-order valence-corrected chi connectivity index (χ3v) is 3.90. The topological polar surface area (TPSA) is 148 Å². The molecule has 1 aromatic carbocycles. The molecule has 1 atom stereocenters. The van der Waals surface area contributed by atoms with Crippen molar-refractivity contribution in [1.82, 2.24) is 0 Å². The third-order valence-electron chi connectivity index (χ3n) is 2.97. The minimum absolute atomic E-state index is 0.0437. The van der Waals surface area contributed by atoms with Crippen LogP contribution in [0.15, 0.2) is 39.3 Å². The fourth-order valence-corrected chi connectivity index (χ4v) is 2.35. The molecule has 126 valence electrons. The average molecular weight is 340 g/mol. The van der Waals surface area contributed by atoms with Crippen molar-refractivity contribution in [2.75, 3.05) is 0 Å². The fraction of sp³-hybridized carbons (Fsp3) is 0.357. The second-order valence-corrected chi connectivity index (χ2v) is 6.91. The normalized spacial score (nSPS) is 14.3. The van der Waals surface area contributed by atoms with Gasteiger partial charge in [0.15, 0.2) is 0 Å². The summed E-state index contributed by atoms with van der Waals surface area (Å²) in [6.07, 6.45) is 1.65. The highest BCUT2D eigenvalue weighted by Crippen LogP contribution is 2.11. The van der Waals surface area contributed by atoms with Crippen molar-refractivity contribution in [2.45, 2.75) is 31.2 Å². The average Bonchev–Trinajstić information content (AvgIpc) is 2.45. The Labute approximate surface area is 135 Å². The highest BCUT2D eigenvalue weighted by molar-refractivity contribution is 7.89. The molecular formula is C14H20N4O4S. The zero-order valence-corrected chi connectivity index (χ0v) is 13.7. The number of sulfonamides is 1. The van der Waals surface area contributed by atoms with Gasteiger partial charge in [0.25, 0.3) is 0 Å². The molecule has 1 aromatic rings. The summed E-state index contributed by atoms with van der Waals surface area (Å²) < 4.78 is 22.4. The van der Waals surface area contributed by atoms with E-state index in [0.29, 0.717) is 12.0 Å². The Hall–Kier alpha value is -2.26. The molecule has 0 bridgehead atoms. The first-order valence-corrected chi connectivity index (χ1v) is 8.37. The fourth-order valence-electron chi connectivity index (χ4n) is 1.83. The molecule has 0 saturated carbocycles. The van der Waals surface area contributed by atoms with Gasteiger partial charge in [-0.05, 0) is 24.5 Å². The van der Waals surface area contributed by atoms with Crippen LogP contribution < -0.4 is 11.0 Å². The van der Waals surface area contributed by atoms with Gasteiger partial charge < -0.3 is 10.9 Å². The summed E-state index contributed by atoms with van der Waals surface area (Å²) in [6, 6.07) is 4.67. The van der Waals surface area contributed by atoms with Crippen LogP contribution in [0.2, 0.25) is 0 Å². The van der Waals surface area contributed by atoms with Gasteiger partial charge in [0.05, 0.1) is 11.1 Å². The van der Waals surface area contributed by atoms with Gasteiger partial charge in [-0.2, -0.15) is 5.10 Å². The third kappa shape index (κ3) is 5.80. The molecule has 1 rings (SSSR count). The summed E-state index contributed by atoms with van der Waals surface area (Å²) in [7, 11) is -3.78. The summed E-state index contributed by atoms with van der Waals surface area (Å²) >= 11 is 0. The van der Waals surface area contributed by atoms with Crippen LogP contribution in [-0.2, 0) is 14.8 Å². The minimum atomic E-state index is -3.78. The van der Waals surface area contributed by atoms with Crippen LogP contribution in [-0.4, -0.2) is 37.5 Å². The largest absolute Gasteiger partial charge is 0.480 e. The smallest absolute Gasteiger partial charge is 0.328 e. The van der Waals surface area contributed by atoms with Gasteiger partial charge in [-0.3, -0.25) is 4.99 Å². The summed E-state index contributed by atoms with van der Waals surface area (Å²) in [5.74, 6) is 4.43. The van der Waals surface area contributed by atoms with Crippen molar-refractivity contribution in [3.8, 4) is 0 Å². The Balaban J connectivity index is 3.01. The molecule has 5 N–H and O–H groups in total. The number of benzene rings is 1. The monoisotopic (exact) mass is 340 g/mol. The standard InChI is InChI=1S/C14H20N4O4S/c1-9(2)7-12(14(19)20)17-8-13(18-15)10-3-5-11(6-4-10)23(16,21)22/h3-6,8-9,12H,7,15H2,1-2H3,(H,19,20)(H2,16,21,22)/t12-/m0/s1. The Bertz CT molecular complexity index is 709. The minimum Gasteiger partial charge on any atom is -0.480 e. The molecule has 0 aliphatic rings. The molecule has 0 aliphatic carbocycles. The van der Waals surface area contributed by atoms with Gasteiger partial charge in [0.1, 0.15) is 11.8 Å². The molecule has 0 unspecified atom stereocenters. The van der Waals surface area contributed by atoms with Crippen molar-refractivity contribution in [1.29, 1.82) is 0 Å². The van der Waals surface area contributed by atoms with Gasteiger partial charge in [-0.1, -0.05) is 26.0 Å². The quantitative estimate of drug-likeness (QED) is 0.377. The Morgan fingerprint density at radius 3 is 2.26 bits per heavy atom. The van der Waals surface area contributed by atoms with Gasteiger partial charge in [0.2, 0.25) is 10.0 Å². The molecule has 8 nitrogen and oxygen atoms in total. The Kier molecular flexibility index (Phi) is 6.40. The molecule has 0 spiro atoms. The van der Waals surface area contributed by atoms with Crippen LogP contribution >= 0.6 is 0 Å². The number of aliphatic carboxylic acids is 1. The number of hydrogen-bond acceptors (Lipinski definition) is 6. The van der Waals surface area contributed by atoms with Crippen molar-refractivity contribution in [2.24, 2.45) is 27.0 Å². The van der Waals surface area contributed by atoms with Crippen LogP contribution in [0.25, 0.3) is 0 Å². The highest BCUT2D eigenvalue weighted by Gasteiger charge is 2.17. The number of primary sulfonamides is 1. The van der Waals surface area contributed by atoms with Crippen molar-refractivity contribution in [3.05, 3.63) is 29.8 Å². The van der Waals surface area contributed by atoms with E-state index < -0.39 is 22.0 Å². The molecule has 0 heterocycles. The van der Waals surface area contributed by atoms with E-state index in [1.165, 1.54) is 30.5 Å². The van der Waals surface area contributed by atoms with Crippen molar-refractivity contribution < 1.29 is 18.3 Å². The summed E-state index contributed by atoms with van der Waals surface area (Å²) in [5.41, 5.74) is 0.735. The zero-order valence-electron chi connectivity index (χ0n) is 12.9. The lowest BCUT2D eigenvalue weighted by Gasteiger charge is -2.10. The Morgan fingerprint density at radius 1 is 1.30 bits per heavy atom. The van der Waals surface area contributed by atoms with Crippen molar-refractivity contribution in [3.63, 3.8) is 0 Å². The first kappa shape index (κ1) is 18.8. The molecule has 0 aliphatic heterocycles. The number of carboxylic acid groups (broad SMARTS) is 1. The maximum atomic E-state index is 11.2. The van der Waals surface area contributed by atoms with E-state index in [9.17, 15) is 13.2 Å². The zero-order chi connectivity index (χ0) is 17.6. The molecule has 0 aromatic heterocycles. The van der Waals surface area contributed by atoms with Gasteiger partial charge in [-0.25, -0.2) is 18.4 Å². The van der Waals surface area contributed by atoms with E-state index in [-0.39, 0.29) is 16.5 Å². The lowest BCUT2D eigenvalue weighted by Crippen LogP contribution is -2.21. The van der Waals surface area contributed by atoms with E-state index in [2.05, 4.69) is 10.1 Å². The summed E-state index contributed by atoms with van der Waals surface area (Å²) in [5, 5.41) is 17.7. The number of aliphatic imine (C=N–C) groups is 1. The number of nitrogens with two attached hydrogens (primary N) is 2. The SMILES string of the molecule is CC(C)C[C@H](N=CC(=NN)c1ccc(S(N)(=O)=O)cc1)C(=O)O. The van der Waals surface area contributed by atoms with Gasteiger partial charge >= 0.3 is 5.97 Å². The second kappa shape index (κ2) is 7.84. The molecule has 0 radical (unpaired) electrons. The number of hydrazone groups is 1. The number of hydrogen-bond donors (Lipinski definition) is 3. The van der Waals surface area contributed by atoms with E-state index in [1.807, 2.05) is 13.8 Å². The predicted octanol–water partition coefficient (Wildman–Crippen LogP) is 0.567. The van der Waals surface area contributed by atoms with E-state index in [0.717, 1.165) is 0 Å². The van der Waals surface area contributed by atoms with Crippen LogP contribution in [0, 0.1) is 5.92 Å². The molecular weight excluding hydrogens is 320 g/mol. The molecule has 0 fully saturated rings. The molecule has 0 saturated heterocycles. The summed E-state index contributed by atoms with van der Waals surface area (Å²) in [6.45, 7) is 3.80. The predicted molar refractivity (Wildman–Crippen MR) is 87.9 cm³/mol. The van der Waals surface area contributed by atoms with Crippen LogP contribution in [0.3, 0.4) is 0 Å². The lowest BCUT2D eigenvalue weighted by molar-refractivity contribution is -0.138. The molecule has 9 heteroatoms. The lowest BCUT2D eigenvalue weighted by atomic mass is 10.0. The maximum Gasteiger partial charge on any atom is 0.328 e. The number of carbonyl (C=O) groups is 1.